The van der Waals surface area contributed by atoms with E-state index in [0.717, 1.165) is 25.7 Å². The highest BCUT2D eigenvalue weighted by atomic mass is 16.3. The number of aromatic nitrogens is 2. The van der Waals surface area contributed by atoms with Gasteiger partial charge in [0.15, 0.2) is 0 Å². The zero-order valence-electron chi connectivity index (χ0n) is 10.4. The summed E-state index contributed by atoms with van der Waals surface area (Å²) >= 11 is 0. The molecule has 0 bridgehead atoms. The molecule has 0 saturated heterocycles. The van der Waals surface area contributed by atoms with E-state index in [1.165, 1.54) is 0 Å². The molecule has 0 aromatic carbocycles. The minimum atomic E-state index is -0.695. The molecule has 1 N–H and O–H groups in total. The summed E-state index contributed by atoms with van der Waals surface area (Å²) in [4.78, 5) is 13.6. The third-order valence-electron chi connectivity index (χ3n) is 3.35. The van der Waals surface area contributed by atoms with Crippen molar-refractivity contribution in [2.24, 2.45) is 7.05 Å². The first-order valence-electron chi connectivity index (χ1n) is 5.98. The van der Waals surface area contributed by atoms with E-state index in [9.17, 15) is 9.90 Å². The van der Waals surface area contributed by atoms with Crippen LogP contribution in [0.3, 0.4) is 0 Å². The van der Waals surface area contributed by atoms with Crippen LogP contribution in [0.25, 0.3) is 0 Å². The summed E-state index contributed by atoms with van der Waals surface area (Å²) in [6, 6.07) is 1.69. The molecule has 1 heterocycles. The lowest BCUT2D eigenvalue weighted by Crippen LogP contribution is -2.42. The third-order valence-corrected chi connectivity index (χ3v) is 3.35. The molecule has 1 aromatic rings. The number of hydrogen-bond acceptors (Lipinski definition) is 3. The zero-order chi connectivity index (χ0) is 12.5. The van der Waals surface area contributed by atoms with Crippen LogP contribution in [0, 0.1) is 0 Å². The van der Waals surface area contributed by atoms with Crippen LogP contribution in [0.15, 0.2) is 12.3 Å². The minimum absolute atomic E-state index is 0.133. The highest BCUT2D eigenvalue weighted by Crippen LogP contribution is 2.30. The Morgan fingerprint density at radius 2 is 2.24 bits per heavy atom. The molecule has 1 amide bonds. The Kier molecular flexibility index (Phi) is 3.19. The Morgan fingerprint density at radius 3 is 2.76 bits per heavy atom. The van der Waals surface area contributed by atoms with Gasteiger partial charge in [-0.15, -0.1) is 0 Å². The molecule has 1 fully saturated rings. The number of likely N-dealkylation sites (N-methyl/N-ethyl adjacent to an activating group) is 1. The lowest BCUT2D eigenvalue weighted by Gasteiger charge is -2.28. The van der Waals surface area contributed by atoms with Crippen LogP contribution in [0.2, 0.25) is 0 Å². The molecular weight excluding hydrogens is 218 g/mol. The van der Waals surface area contributed by atoms with Gasteiger partial charge in [-0.2, -0.15) is 5.10 Å². The summed E-state index contributed by atoms with van der Waals surface area (Å²) in [5.74, 6) is -0.133. The van der Waals surface area contributed by atoms with Crippen molar-refractivity contribution >= 4 is 5.91 Å². The standard InChI is InChI=1S/C12H19N3O2/c1-14(9-12(17)6-3-4-7-12)11(16)10-5-8-15(2)13-10/h5,8,17H,3-4,6-7,9H2,1-2H3. The Bertz CT molecular complexity index is 408. The van der Waals surface area contributed by atoms with Crippen LogP contribution in [-0.4, -0.2) is 44.9 Å². The molecule has 17 heavy (non-hydrogen) atoms. The summed E-state index contributed by atoms with van der Waals surface area (Å²) in [5, 5.41) is 14.3. The number of amides is 1. The predicted octanol–water partition coefficient (Wildman–Crippen LogP) is 0.797. The van der Waals surface area contributed by atoms with Crippen LogP contribution in [0.4, 0.5) is 0 Å². The van der Waals surface area contributed by atoms with E-state index in [2.05, 4.69) is 5.10 Å². The predicted molar refractivity (Wildman–Crippen MR) is 63.6 cm³/mol. The van der Waals surface area contributed by atoms with Crippen LogP contribution in [0.1, 0.15) is 36.2 Å². The van der Waals surface area contributed by atoms with Crippen molar-refractivity contribution in [3.05, 3.63) is 18.0 Å². The van der Waals surface area contributed by atoms with Crippen LogP contribution in [-0.2, 0) is 7.05 Å². The molecule has 0 radical (unpaired) electrons. The molecular formula is C12H19N3O2. The SMILES string of the molecule is CN(CC1(O)CCCC1)C(=O)c1ccn(C)n1. The maximum absolute atomic E-state index is 12.0. The second-order valence-electron chi connectivity index (χ2n) is 4.97. The normalized spacial score (nSPS) is 18.3. The van der Waals surface area contributed by atoms with Gasteiger partial charge < -0.3 is 10.0 Å². The summed E-state index contributed by atoms with van der Waals surface area (Å²) < 4.78 is 1.60. The van der Waals surface area contributed by atoms with Crippen molar-refractivity contribution in [1.29, 1.82) is 0 Å². The fourth-order valence-electron chi connectivity index (χ4n) is 2.43. The highest BCUT2D eigenvalue weighted by Gasteiger charge is 2.33. The van der Waals surface area contributed by atoms with Crippen molar-refractivity contribution < 1.29 is 9.90 Å². The van der Waals surface area contributed by atoms with Gasteiger partial charge in [0.2, 0.25) is 0 Å². The fourth-order valence-corrected chi connectivity index (χ4v) is 2.43. The van der Waals surface area contributed by atoms with E-state index in [4.69, 9.17) is 0 Å². The smallest absolute Gasteiger partial charge is 0.274 e. The quantitative estimate of drug-likeness (QED) is 0.846. The molecule has 1 aromatic heterocycles. The number of carbonyl (C=O) groups excluding carboxylic acids is 1. The molecule has 0 spiro atoms. The number of hydrogen-bond donors (Lipinski definition) is 1. The number of rotatable bonds is 3. The Hall–Kier alpha value is -1.36. The van der Waals surface area contributed by atoms with E-state index in [-0.39, 0.29) is 5.91 Å². The maximum Gasteiger partial charge on any atom is 0.274 e. The largest absolute Gasteiger partial charge is 0.388 e. The topological polar surface area (TPSA) is 58.4 Å². The zero-order valence-corrected chi connectivity index (χ0v) is 10.4. The van der Waals surface area contributed by atoms with Crippen molar-refractivity contribution in [3.8, 4) is 0 Å². The van der Waals surface area contributed by atoms with Crippen molar-refractivity contribution in [3.63, 3.8) is 0 Å². The minimum Gasteiger partial charge on any atom is -0.388 e. The van der Waals surface area contributed by atoms with Gasteiger partial charge in [-0.25, -0.2) is 0 Å². The van der Waals surface area contributed by atoms with Gasteiger partial charge in [-0.05, 0) is 18.9 Å². The number of aliphatic hydroxyl groups is 1. The summed E-state index contributed by atoms with van der Waals surface area (Å²) in [6.07, 6.45) is 5.40. The molecule has 0 atom stereocenters. The van der Waals surface area contributed by atoms with Gasteiger partial charge in [0.05, 0.1) is 5.60 Å². The molecule has 0 aliphatic heterocycles. The average Bonchev–Trinajstić information content (AvgIpc) is 2.86. The summed E-state index contributed by atoms with van der Waals surface area (Å²) in [6.45, 7) is 0.391. The molecule has 0 unspecified atom stereocenters. The first-order chi connectivity index (χ1) is 8.00. The molecule has 5 nitrogen and oxygen atoms in total. The van der Waals surface area contributed by atoms with Crippen LogP contribution < -0.4 is 0 Å². The van der Waals surface area contributed by atoms with Gasteiger partial charge in [0.25, 0.3) is 5.91 Å². The maximum atomic E-state index is 12.0. The lowest BCUT2D eigenvalue weighted by molar-refractivity contribution is 0.0154. The highest BCUT2D eigenvalue weighted by molar-refractivity contribution is 5.92. The van der Waals surface area contributed by atoms with Gasteiger partial charge in [-0.3, -0.25) is 9.48 Å². The molecule has 1 saturated carbocycles. The number of nitrogens with zero attached hydrogens (tertiary/aromatic N) is 3. The Balaban J connectivity index is 2.00. The molecule has 94 valence electrons. The summed E-state index contributed by atoms with van der Waals surface area (Å²) in [7, 11) is 3.49. The van der Waals surface area contributed by atoms with Crippen molar-refractivity contribution in [1.82, 2.24) is 14.7 Å². The summed E-state index contributed by atoms with van der Waals surface area (Å²) in [5.41, 5.74) is -0.268. The fraction of sp³-hybridized carbons (Fsp3) is 0.667. The lowest BCUT2D eigenvalue weighted by atomic mass is 10.0. The van der Waals surface area contributed by atoms with E-state index in [1.54, 1.807) is 35.9 Å². The van der Waals surface area contributed by atoms with Crippen LogP contribution >= 0.6 is 0 Å². The van der Waals surface area contributed by atoms with Gasteiger partial charge in [0.1, 0.15) is 5.69 Å². The second-order valence-corrected chi connectivity index (χ2v) is 4.97. The number of aryl methyl sites for hydroxylation is 1. The van der Waals surface area contributed by atoms with E-state index < -0.39 is 5.60 Å². The number of carbonyl (C=O) groups is 1. The van der Waals surface area contributed by atoms with Gasteiger partial charge >= 0.3 is 0 Å². The van der Waals surface area contributed by atoms with Crippen LogP contribution in [0.5, 0.6) is 0 Å². The first kappa shape index (κ1) is 12.1. The van der Waals surface area contributed by atoms with Crippen molar-refractivity contribution in [2.75, 3.05) is 13.6 Å². The van der Waals surface area contributed by atoms with E-state index in [0.29, 0.717) is 12.2 Å². The second kappa shape index (κ2) is 4.49. The molecule has 1 aliphatic carbocycles. The average molecular weight is 237 g/mol. The Morgan fingerprint density at radius 1 is 1.59 bits per heavy atom. The Labute approximate surface area is 101 Å². The van der Waals surface area contributed by atoms with E-state index >= 15 is 0 Å². The molecule has 2 rings (SSSR count). The molecule has 5 heteroatoms. The van der Waals surface area contributed by atoms with Gasteiger partial charge in [-0.1, -0.05) is 12.8 Å². The van der Waals surface area contributed by atoms with E-state index in [1.807, 2.05) is 0 Å². The molecule has 1 aliphatic rings. The van der Waals surface area contributed by atoms with Gasteiger partial charge in [0, 0.05) is 26.8 Å². The van der Waals surface area contributed by atoms with Crippen molar-refractivity contribution in [2.45, 2.75) is 31.3 Å². The third kappa shape index (κ3) is 2.66. The monoisotopic (exact) mass is 237 g/mol. The first-order valence-corrected chi connectivity index (χ1v) is 5.98.